The predicted octanol–water partition coefficient (Wildman–Crippen LogP) is 4.19. The molecule has 0 aliphatic carbocycles. The van der Waals surface area contributed by atoms with Gasteiger partial charge >= 0.3 is 0 Å². The van der Waals surface area contributed by atoms with Gasteiger partial charge in [0, 0.05) is 49.9 Å². The van der Waals surface area contributed by atoms with Gasteiger partial charge in [0.15, 0.2) is 5.82 Å². The van der Waals surface area contributed by atoms with E-state index >= 15 is 0 Å². The molecule has 2 fully saturated rings. The molecule has 5 rings (SSSR count). The Morgan fingerprint density at radius 2 is 1.83 bits per heavy atom. The number of carbonyl (C=O) groups is 1. The number of hydrogen-bond acceptors (Lipinski definition) is 7. The van der Waals surface area contributed by atoms with Gasteiger partial charge in [-0.3, -0.25) is 9.69 Å². The number of nitrogens with zero attached hydrogens (tertiary/aromatic N) is 6. The third-order valence-electron chi connectivity index (χ3n) is 6.86. The SMILES string of the molecule is CC1CCCCN1C(=O)CN1CCN(c2nn3c(NC(C)(C)C)c(-c4ccccc4)nc3s2)CC1. The molecule has 3 aromatic rings. The summed E-state index contributed by atoms with van der Waals surface area (Å²) in [4.78, 5) is 25.4. The zero-order valence-electron chi connectivity index (χ0n) is 21.3. The van der Waals surface area contributed by atoms with Crippen LogP contribution in [0.25, 0.3) is 16.2 Å². The van der Waals surface area contributed by atoms with Crippen molar-refractivity contribution >= 4 is 33.2 Å². The molecule has 2 aromatic heterocycles. The predicted molar refractivity (Wildman–Crippen MR) is 143 cm³/mol. The van der Waals surface area contributed by atoms with Crippen LogP contribution in [0.4, 0.5) is 10.9 Å². The molecule has 0 radical (unpaired) electrons. The van der Waals surface area contributed by atoms with Gasteiger partial charge in [-0.15, -0.1) is 5.10 Å². The van der Waals surface area contributed by atoms with Gasteiger partial charge in [0.25, 0.3) is 0 Å². The number of likely N-dealkylation sites (tertiary alicyclic amines) is 1. The van der Waals surface area contributed by atoms with E-state index in [1.807, 2.05) is 22.7 Å². The van der Waals surface area contributed by atoms with E-state index in [-0.39, 0.29) is 11.4 Å². The minimum Gasteiger partial charge on any atom is -0.364 e. The number of amides is 1. The summed E-state index contributed by atoms with van der Waals surface area (Å²) in [7, 11) is 0. The van der Waals surface area contributed by atoms with Gasteiger partial charge < -0.3 is 15.1 Å². The molecule has 2 aliphatic heterocycles. The number of anilines is 2. The maximum atomic E-state index is 12.9. The van der Waals surface area contributed by atoms with Crippen LogP contribution in [0, 0.1) is 0 Å². The van der Waals surface area contributed by atoms with Gasteiger partial charge in [-0.2, -0.15) is 4.52 Å². The van der Waals surface area contributed by atoms with Crippen molar-refractivity contribution in [2.75, 3.05) is 49.5 Å². The highest BCUT2D eigenvalue weighted by molar-refractivity contribution is 7.20. The third-order valence-corrected chi connectivity index (χ3v) is 7.83. The summed E-state index contributed by atoms with van der Waals surface area (Å²) in [6.07, 6.45) is 3.50. The largest absolute Gasteiger partial charge is 0.364 e. The third kappa shape index (κ3) is 5.30. The van der Waals surface area contributed by atoms with Crippen molar-refractivity contribution in [3.63, 3.8) is 0 Å². The van der Waals surface area contributed by atoms with Crippen molar-refractivity contribution in [2.45, 2.75) is 58.5 Å². The Morgan fingerprint density at radius 3 is 2.51 bits per heavy atom. The highest BCUT2D eigenvalue weighted by atomic mass is 32.1. The minimum atomic E-state index is -0.118. The molecule has 1 N–H and O–H groups in total. The number of piperidine rings is 1. The normalized spacial score (nSPS) is 19.9. The first-order chi connectivity index (χ1) is 16.8. The van der Waals surface area contributed by atoms with Crippen LogP contribution in [0.2, 0.25) is 0 Å². The molecule has 1 aromatic carbocycles. The van der Waals surface area contributed by atoms with Crippen LogP contribution >= 0.6 is 11.3 Å². The number of nitrogens with one attached hydrogen (secondary N) is 1. The molecule has 9 heteroatoms. The average molecular weight is 496 g/mol. The Labute approximate surface area is 211 Å². The number of benzene rings is 1. The molecule has 188 valence electrons. The van der Waals surface area contributed by atoms with Crippen LogP contribution < -0.4 is 10.2 Å². The number of rotatable bonds is 5. The molecule has 35 heavy (non-hydrogen) atoms. The topological polar surface area (TPSA) is 69.0 Å². The fourth-order valence-corrected chi connectivity index (χ4v) is 5.93. The molecule has 2 saturated heterocycles. The van der Waals surface area contributed by atoms with Gasteiger partial charge in [0.05, 0.1) is 6.54 Å². The van der Waals surface area contributed by atoms with Crippen molar-refractivity contribution in [3.05, 3.63) is 30.3 Å². The van der Waals surface area contributed by atoms with Gasteiger partial charge in [-0.05, 0) is 47.0 Å². The molecule has 2 aliphatic rings. The molecule has 1 atom stereocenters. The fourth-order valence-electron chi connectivity index (χ4n) is 4.98. The Bertz CT molecular complexity index is 1160. The lowest BCUT2D eigenvalue weighted by Gasteiger charge is -2.37. The summed E-state index contributed by atoms with van der Waals surface area (Å²) < 4.78 is 1.96. The number of aromatic nitrogens is 3. The van der Waals surface area contributed by atoms with E-state index in [1.165, 1.54) is 6.42 Å². The van der Waals surface area contributed by atoms with E-state index in [0.29, 0.717) is 12.6 Å². The van der Waals surface area contributed by atoms with E-state index in [2.05, 4.69) is 59.8 Å². The Kier molecular flexibility index (Phi) is 6.72. The lowest BCUT2D eigenvalue weighted by atomic mass is 10.0. The van der Waals surface area contributed by atoms with E-state index in [9.17, 15) is 4.79 Å². The number of fused-ring (bicyclic) bond motifs is 1. The number of piperazine rings is 1. The zero-order valence-corrected chi connectivity index (χ0v) is 22.1. The van der Waals surface area contributed by atoms with Crippen LogP contribution in [0.3, 0.4) is 0 Å². The number of imidazole rings is 1. The summed E-state index contributed by atoms with van der Waals surface area (Å²) >= 11 is 1.63. The molecule has 4 heterocycles. The first kappa shape index (κ1) is 24.1. The standard InChI is InChI=1S/C26H37N7OS/c1-19-10-8-9-13-32(19)21(34)18-30-14-16-31(17-15-30)25-29-33-23(28-26(2,3)4)22(27-24(33)35-25)20-11-6-5-7-12-20/h5-7,11-12,19,28H,8-10,13-18H2,1-4H3. The van der Waals surface area contributed by atoms with E-state index in [1.54, 1.807) is 11.3 Å². The lowest BCUT2D eigenvalue weighted by Crippen LogP contribution is -2.52. The quantitative estimate of drug-likeness (QED) is 0.572. The second-order valence-electron chi connectivity index (χ2n) is 10.8. The Balaban J connectivity index is 1.29. The summed E-state index contributed by atoms with van der Waals surface area (Å²) in [5, 5.41) is 9.59. The van der Waals surface area contributed by atoms with Gasteiger partial charge in [-0.1, -0.05) is 41.7 Å². The van der Waals surface area contributed by atoms with E-state index in [0.717, 1.165) is 72.7 Å². The molecule has 0 bridgehead atoms. The van der Waals surface area contributed by atoms with Gasteiger partial charge in [-0.25, -0.2) is 4.98 Å². The second-order valence-corrected chi connectivity index (χ2v) is 11.8. The van der Waals surface area contributed by atoms with Crippen molar-refractivity contribution in [2.24, 2.45) is 0 Å². The minimum absolute atomic E-state index is 0.118. The van der Waals surface area contributed by atoms with Crippen LogP contribution in [0.1, 0.15) is 47.0 Å². The van der Waals surface area contributed by atoms with Gasteiger partial charge in [0.1, 0.15) is 5.69 Å². The summed E-state index contributed by atoms with van der Waals surface area (Å²) in [6, 6.07) is 10.7. The summed E-state index contributed by atoms with van der Waals surface area (Å²) in [5.41, 5.74) is 1.90. The zero-order chi connectivity index (χ0) is 24.6. The maximum absolute atomic E-state index is 12.9. The second kappa shape index (κ2) is 9.78. The summed E-state index contributed by atoms with van der Waals surface area (Å²) in [5.74, 6) is 1.21. The summed E-state index contributed by atoms with van der Waals surface area (Å²) in [6.45, 7) is 13.6. The van der Waals surface area contributed by atoms with Crippen LogP contribution in [0.5, 0.6) is 0 Å². The van der Waals surface area contributed by atoms with Crippen molar-refractivity contribution in [3.8, 4) is 11.3 Å². The smallest absolute Gasteiger partial charge is 0.236 e. The molecule has 0 saturated carbocycles. The van der Waals surface area contributed by atoms with Crippen LogP contribution in [-0.4, -0.2) is 81.2 Å². The van der Waals surface area contributed by atoms with Crippen molar-refractivity contribution in [1.29, 1.82) is 0 Å². The number of carbonyl (C=O) groups excluding carboxylic acids is 1. The molecular formula is C26H37N7OS. The van der Waals surface area contributed by atoms with Gasteiger partial charge in [0.2, 0.25) is 16.0 Å². The molecule has 1 amide bonds. The van der Waals surface area contributed by atoms with E-state index in [4.69, 9.17) is 10.1 Å². The first-order valence-corrected chi connectivity index (χ1v) is 13.6. The highest BCUT2D eigenvalue weighted by Crippen LogP contribution is 2.35. The van der Waals surface area contributed by atoms with Crippen LogP contribution in [0.15, 0.2) is 30.3 Å². The van der Waals surface area contributed by atoms with Crippen molar-refractivity contribution < 1.29 is 4.79 Å². The molecule has 8 nitrogen and oxygen atoms in total. The maximum Gasteiger partial charge on any atom is 0.236 e. The lowest BCUT2D eigenvalue weighted by molar-refractivity contribution is -0.135. The monoisotopic (exact) mass is 495 g/mol. The number of hydrogen-bond donors (Lipinski definition) is 1. The molecule has 0 spiro atoms. The Hall–Kier alpha value is -2.65. The van der Waals surface area contributed by atoms with Crippen molar-refractivity contribution in [1.82, 2.24) is 24.4 Å². The fraction of sp³-hybridized carbons (Fsp3) is 0.577. The molecular weight excluding hydrogens is 458 g/mol. The van der Waals surface area contributed by atoms with Crippen LogP contribution in [-0.2, 0) is 4.79 Å². The Morgan fingerprint density at radius 1 is 1.09 bits per heavy atom. The highest BCUT2D eigenvalue weighted by Gasteiger charge is 2.28. The van der Waals surface area contributed by atoms with E-state index < -0.39 is 0 Å². The molecule has 1 unspecified atom stereocenters. The first-order valence-electron chi connectivity index (χ1n) is 12.8. The average Bonchev–Trinajstić information content (AvgIpc) is 3.39.